The van der Waals surface area contributed by atoms with Crippen molar-refractivity contribution in [3.63, 3.8) is 0 Å². The highest BCUT2D eigenvalue weighted by Gasteiger charge is 2.13. The van der Waals surface area contributed by atoms with Crippen LogP contribution >= 0.6 is 0 Å². The number of carbonyl (C=O) groups is 1. The van der Waals surface area contributed by atoms with Crippen LogP contribution in [-0.4, -0.2) is 16.1 Å². The number of rotatable bonds is 2. The van der Waals surface area contributed by atoms with E-state index in [0.29, 0.717) is 5.56 Å². The molecule has 0 unspecified atom stereocenters. The predicted molar refractivity (Wildman–Crippen MR) is 56.3 cm³/mol. The molecule has 0 fully saturated rings. The van der Waals surface area contributed by atoms with Gasteiger partial charge in [0.05, 0.1) is 5.52 Å². The molecule has 1 heterocycles. The molecule has 3 N–H and O–H groups in total. The molecule has 1 aromatic heterocycles. The standard InChI is InChI=1S/C11H10N2O2/c12-10(11(14)15)8-3-4-9-7(6-8)2-1-5-13-9/h1-6,10H,12H2,(H,14,15)/t10-/m0/s1. The molecule has 76 valence electrons. The van der Waals surface area contributed by atoms with Crippen molar-refractivity contribution in [2.45, 2.75) is 6.04 Å². The summed E-state index contributed by atoms with van der Waals surface area (Å²) in [5.74, 6) is -1.03. The van der Waals surface area contributed by atoms with Crippen molar-refractivity contribution in [3.8, 4) is 0 Å². The number of carboxylic acids is 1. The van der Waals surface area contributed by atoms with Crippen LogP contribution in [0.4, 0.5) is 0 Å². The van der Waals surface area contributed by atoms with E-state index < -0.39 is 12.0 Å². The fraction of sp³-hybridized carbons (Fsp3) is 0.0909. The topological polar surface area (TPSA) is 76.2 Å². The first-order chi connectivity index (χ1) is 7.18. The van der Waals surface area contributed by atoms with Crippen molar-refractivity contribution in [1.82, 2.24) is 4.98 Å². The van der Waals surface area contributed by atoms with Crippen molar-refractivity contribution >= 4 is 16.9 Å². The number of fused-ring (bicyclic) bond motifs is 1. The van der Waals surface area contributed by atoms with Gasteiger partial charge in [0.15, 0.2) is 0 Å². The number of aromatic nitrogens is 1. The molecule has 2 aromatic rings. The molecule has 1 aromatic carbocycles. The Balaban J connectivity index is 2.51. The summed E-state index contributed by atoms with van der Waals surface area (Å²) in [4.78, 5) is 14.8. The summed E-state index contributed by atoms with van der Waals surface area (Å²) in [5, 5.41) is 9.66. The number of hydrogen-bond donors (Lipinski definition) is 2. The van der Waals surface area contributed by atoms with Gasteiger partial charge in [0.2, 0.25) is 0 Å². The first-order valence-corrected chi connectivity index (χ1v) is 4.51. The molecule has 0 aliphatic heterocycles. The van der Waals surface area contributed by atoms with Crippen LogP contribution in [0.5, 0.6) is 0 Å². The average Bonchev–Trinajstić information content (AvgIpc) is 2.27. The van der Waals surface area contributed by atoms with Crippen LogP contribution in [0, 0.1) is 0 Å². The zero-order valence-electron chi connectivity index (χ0n) is 7.92. The molecule has 0 bridgehead atoms. The molecular weight excluding hydrogens is 192 g/mol. The maximum absolute atomic E-state index is 10.7. The van der Waals surface area contributed by atoms with Crippen LogP contribution in [0.3, 0.4) is 0 Å². The van der Waals surface area contributed by atoms with E-state index in [1.165, 1.54) is 0 Å². The monoisotopic (exact) mass is 202 g/mol. The molecule has 4 nitrogen and oxygen atoms in total. The molecule has 15 heavy (non-hydrogen) atoms. The molecular formula is C11H10N2O2. The lowest BCUT2D eigenvalue weighted by Gasteiger charge is -2.07. The Kier molecular flexibility index (Phi) is 2.35. The number of carboxylic acid groups (broad SMARTS) is 1. The normalized spacial score (nSPS) is 12.6. The van der Waals surface area contributed by atoms with Crippen molar-refractivity contribution < 1.29 is 9.90 Å². The first kappa shape index (κ1) is 9.61. The van der Waals surface area contributed by atoms with Gasteiger partial charge in [0.1, 0.15) is 6.04 Å². The van der Waals surface area contributed by atoms with Crippen LogP contribution in [0.25, 0.3) is 10.9 Å². The third-order valence-electron chi connectivity index (χ3n) is 2.25. The first-order valence-electron chi connectivity index (χ1n) is 4.51. The third kappa shape index (κ3) is 1.80. The van der Waals surface area contributed by atoms with E-state index in [9.17, 15) is 4.79 Å². The summed E-state index contributed by atoms with van der Waals surface area (Å²) < 4.78 is 0. The SMILES string of the molecule is N[C@H](C(=O)O)c1ccc2ncccc2c1. The molecule has 0 radical (unpaired) electrons. The van der Waals surface area contributed by atoms with Crippen LogP contribution in [-0.2, 0) is 4.79 Å². The van der Waals surface area contributed by atoms with E-state index in [4.69, 9.17) is 10.8 Å². The van der Waals surface area contributed by atoms with Crippen molar-refractivity contribution in [1.29, 1.82) is 0 Å². The predicted octanol–water partition coefficient (Wildman–Crippen LogP) is 1.32. The second-order valence-corrected chi connectivity index (χ2v) is 3.27. The summed E-state index contributed by atoms with van der Waals surface area (Å²) in [6.07, 6.45) is 1.69. The van der Waals surface area contributed by atoms with Gasteiger partial charge in [0, 0.05) is 11.6 Å². The number of nitrogens with zero attached hydrogens (tertiary/aromatic N) is 1. The lowest BCUT2D eigenvalue weighted by Crippen LogP contribution is -2.20. The Hall–Kier alpha value is -1.94. The third-order valence-corrected chi connectivity index (χ3v) is 2.25. The Morgan fingerprint density at radius 2 is 2.20 bits per heavy atom. The Morgan fingerprint density at radius 1 is 1.40 bits per heavy atom. The number of nitrogens with two attached hydrogens (primary N) is 1. The maximum Gasteiger partial charge on any atom is 0.325 e. The molecule has 0 saturated carbocycles. The number of hydrogen-bond acceptors (Lipinski definition) is 3. The van der Waals surface area contributed by atoms with E-state index in [1.54, 1.807) is 30.5 Å². The van der Waals surface area contributed by atoms with Crippen molar-refractivity contribution in [2.75, 3.05) is 0 Å². The summed E-state index contributed by atoms with van der Waals surface area (Å²) >= 11 is 0. The number of aliphatic carboxylic acids is 1. The number of pyridine rings is 1. The minimum atomic E-state index is -1.03. The minimum Gasteiger partial charge on any atom is -0.480 e. The largest absolute Gasteiger partial charge is 0.480 e. The van der Waals surface area contributed by atoms with Gasteiger partial charge in [-0.05, 0) is 23.8 Å². The molecule has 1 atom stereocenters. The van der Waals surface area contributed by atoms with Gasteiger partial charge < -0.3 is 10.8 Å². The molecule has 0 aliphatic rings. The van der Waals surface area contributed by atoms with Crippen LogP contribution in [0.2, 0.25) is 0 Å². The zero-order chi connectivity index (χ0) is 10.8. The van der Waals surface area contributed by atoms with Gasteiger partial charge in [-0.2, -0.15) is 0 Å². The van der Waals surface area contributed by atoms with Gasteiger partial charge >= 0.3 is 5.97 Å². The average molecular weight is 202 g/mol. The van der Waals surface area contributed by atoms with Crippen LogP contribution in [0.1, 0.15) is 11.6 Å². The van der Waals surface area contributed by atoms with E-state index in [2.05, 4.69) is 4.98 Å². The fourth-order valence-electron chi connectivity index (χ4n) is 1.43. The highest BCUT2D eigenvalue weighted by molar-refractivity contribution is 5.82. The highest BCUT2D eigenvalue weighted by Crippen LogP contribution is 2.17. The lowest BCUT2D eigenvalue weighted by molar-refractivity contribution is -0.138. The summed E-state index contributed by atoms with van der Waals surface area (Å²) in [5.41, 5.74) is 6.93. The summed E-state index contributed by atoms with van der Waals surface area (Å²) in [7, 11) is 0. The summed E-state index contributed by atoms with van der Waals surface area (Å²) in [6.45, 7) is 0. The minimum absolute atomic E-state index is 0.586. The Labute approximate surface area is 86.4 Å². The van der Waals surface area contributed by atoms with Gasteiger partial charge in [0.25, 0.3) is 0 Å². The molecule has 0 aliphatic carbocycles. The van der Waals surface area contributed by atoms with Crippen LogP contribution in [0.15, 0.2) is 36.5 Å². The van der Waals surface area contributed by atoms with Gasteiger partial charge in [-0.15, -0.1) is 0 Å². The molecule has 0 saturated heterocycles. The van der Waals surface area contributed by atoms with Crippen LogP contribution < -0.4 is 5.73 Å². The van der Waals surface area contributed by atoms with Gasteiger partial charge in [-0.25, -0.2) is 0 Å². The fourth-order valence-corrected chi connectivity index (χ4v) is 1.43. The van der Waals surface area contributed by atoms with E-state index in [-0.39, 0.29) is 0 Å². The Bertz CT molecular complexity index is 511. The summed E-state index contributed by atoms with van der Waals surface area (Å²) in [6, 6.07) is 7.91. The Morgan fingerprint density at radius 3 is 2.93 bits per heavy atom. The maximum atomic E-state index is 10.7. The second-order valence-electron chi connectivity index (χ2n) is 3.27. The molecule has 0 amide bonds. The molecule has 4 heteroatoms. The van der Waals surface area contributed by atoms with E-state index in [0.717, 1.165) is 10.9 Å². The van der Waals surface area contributed by atoms with E-state index >= 15 is 0 Å². The highest BCUT2D eigenvalue weighted by atomic mass is 16.4. The molecule has 2 rings (SSSR count). The quantitative estimate of drug-likeness (QED) is 0.770. The van der Waals surface area contributed by atoms with Crippen molar-refractivity contribution in [3.05, 3.63) is 42.1 Å². The molecule has 0 spiro atoms. The second kappa shape index (κ2) is 3.67. The van der Waals surface area contributed by atoms with E-state index in [1.807, 2.05) is 6.07 Å². The van der Waals surface area contributed by atoms with Gasteiger partial charge in [-0.1, -0.05) is 12.1 Å². The smallest absolute Gasteiger partial charge is 0.325 e. The zero-order valence-corrected chi connectivity index (χ0v) is 7.92. The lowest BCUT2D eigenvalue weighted by atomic mass is 10.1. The van der Waals surface area contributed by atoms with Gasteiger partial charge in [-0.3, -0.25) is 9.78 Å². The number of benzene rings is 1. The van der Waals surface area contributed by atoms with Crippen molar-refractivity contribution in [2.24, 2.45) is 5.73 Å².